The van der Waals surface area contributed by atoms with Crippen LogP contribution < -0.4 is 5.73 Å². The lowest BCUT2D eigenvalue weighted by Gasteiger charge is -2.30. The standard InChI is InChI=1S/C21H22N6O3/c1-30-16-6-9-26(10-7-16)21(29)18-11-19(17-5-4-14(12-24-17)20(22)28)27(25-18)15-3-2-8-23-13-15/h2-5,8,11-13,16H,6-7,9-10H2,1H3,(H2,22,28). The molecule has 3 aromatic heterocycles. The summed E-state index contributed by atoms with van der Waals surface area (Å²) in [5.74, 6) is -0.688. The lowest BCUT2D eigenvalue weighted by molar-refractivity contribution is 0.0347. The number of carbonyl (C=O) groups is 2. The molecule has 3 aromatic rings. The molecule has 0 bridgehead atoms. The van der Waals surface area contributed by atoms with E-state index in [1.54, 1.807) is 53.4 Å². The van der Waals surface area contributed by atoms with Crippen molar-refractivity contribution in [3.05, 3.63) is 60.2 Å². The minimum absolute atomic E-state index is 0.137. The number of nitrogens with two attached hydrogens (primary N) is 1. The lowest BCUT2D eigenvalue weighted by atomic mass is 10.1. The Hall–Kier alpha value is -3.59. The zero-order valence-electron chi connectivity index (χ0n) is 16.6. The maximum absolute atomic E-state index is 13.1. The van der Waals surface area contributed by atoms with Gasteiger partial charge in [0.15, 0.2) is 5.69 Å². The van der Waals surface area contributed by atoms with Gasteiger partial charge in [0.05, 0.1) is 34.9 Å². The van der Waals surface area contributed by atoms with Crippen LogP contribution in [-0.2, 0) is 4.74 Å². The smallest absolute Gasteiger partial charge is 0.274 e. The predicted octanol–water partition coefficient (Wildman–Crippen LogP) is 1.68. The second-order valence-electron chi connectivity index (χ2n) is 7.06. The Morgan fingerprint density at radius 2 is 1.97 bits per heavy atom. The Morgan fingerprint density at radius 1 is 1.17 bits per heavy atom. The molecule has 0 saturated carbocycles. The van der Waals surface area contributed by atoms with Gasteiger partial charge in [-0.3, -0.25) is 19.6 Å². The molecule has 9 nitrogen and oxygen atoms in total. The van der Waals surface area contributed by atoms with Crippen LogP contribution in [0.5, 0.6) is 0 Å². The molecule has 0 aliphatic carbocycles. The summed E-state index contributed by atoms with van der Waals surface area (Å²) in [6, 6.07) is 8.63. The van der Waals surface area contributed by atoms with Crippen molar-refractivity contribution in [3.8, 4) is 17.1 Å². The first-order valence-corrected chi connectivity index (χ1v) is 9.65. The molecule has 4 rings (SSSR count). The quantitative estimate of drug-likeness (QED) is 0.689. The van der Waals surface area contributed by atoms with Crippen LogP contribution in [0.4, 0.5) is 0 Å². The topological polar surface area (TPSA) is 116 Å². The molecule has 1 aliphatic heterocycles. The molecule has 0 aromatic carbocycles. The minimum atomic E-state index is -0.551. The number of aromatic nitrogens is 4. The third-order valence-electron chi connectivity index (χ3n) is 5.19. The molecule has 30 heavy (non-hydrogen) atoms. The molecule has 154 valence electrons. The van der Waals surface area contributed by atoms with Crippen LogP contribution in [0.1, 0.15) is 33.7 Å². The number of amides is 2. The minimum Gasteiger partial charge on any atom is -0.381 e. The number of hydrogen-bond acceptors (Lipinski definition) is 6. The van der Waals surface area contributed by atoms with Crippen molar-refractivity contribution in [1.82, 2.24) is 24.6 Å². The summed E-state index contributed by atoms with van der Waals surface area (Å²) in [7, 11) is 1.69. The number of hydrogen-bond donors (Lipinski definition) is 1. The van der Waals surface area contributed by atoms with Crippen molar-refractivity contribution in [2.75, 3.05) is 20.2 Å². The monoisotopic (exact) mass is 406 g/mol. The van der Waals surface area contributed by atoms with Gasteiger partial charge < -0.3 is 15.4 Å². The van der Waals surface area contributed by atoms with E-state index in [9.17, 15) is 9.59 Å². The number of pyridine rings is 2. The first-order valence-electron chi connectivity index (χ1n) is 9.65. The highest BCUT2D eigenvalue weighted by Gasteiger charge is 2.26. The van der Waals surface area contributed by atoms with E-state index in [0.717, 1.165) is 12.8 Å². The van der Waals surface area contributed by atoms with Gasteiger partial charge in [0, 0.05) is 32.6 Å². The average Bonchev–Trinajstić information content (AvgIpc) is 3.25. The number of carbonyl (C=O) groups excluding carboxylic acids is 2. The van der Waals surface area contributed by atoms with Crippen LogP contribution in [0.2, 0.25) is 0 Å². The van der Waals surface area contributed by atoms with Gasteiger partial charge in [-0.15, -0.1) is 0 Å². The first kappa shape index (κ1) is 19.7. The maximum Gasteiger partial charge on any atom is 0.274 e. The number of likely N-dealkylation sites (tertiary alicyclic amines) is 1. The Balaban J connectivity index is 1.69. The summed E-state index contributed by atoms with van der Waals surface area (Å²) >= 11 is 0. The van der Waals surface area contributed by atoms with Crippen molar-refractivity contribution >= 4 is 11.8 Å². The van der Waals surface area contributed by atoms with E-state index in [0.29, 0.717) is 41.4 Å². The van der Waals surface area contributed by atoms with Crippen molar-refractivity contribution < 1.29 is 14.3 Å². The highest BCUT2D eigenvalue weighted by molar-refractivity contribution is 5.94. The van der Waals surface area contributed by atoms with Gasteiger partial charge >= 0.3 is 0 Å². The summed E-state index contributed by atoms with van der Waals surface area (Å²) in [6.07, 6.45) is 6.52. The van der Waals surface area contributed by atoms with E-state index in [4.69, 9.17) is 10.5 Å². The van der Waals surface area contributed by atoms with Gasteiger partial charge in [0.25, 0.3) is 5.91 Å². The van der Waals surface area contributed by atoms with Crippen LogP contribution in [0.25, 0.3) is 17.1 Å². The molecule has 4 heterocycles. The fourth-order valence-electron chi connectivity index (χ4n) is 3.49. The zero-order valence-corrected chi connectivity index (χ0v) is 16.6. The summed E-state index contributed by atoms with van der Waals surface area (Å²) in [6.45, 7) is 1.25. The van der Waals surface area contributed by atoms with Gasteiger partial charge in [-0.25, -0.2) is 4.68 Å². The van der Waals surface area contributed by atoms with Crippen molar-refractivity contribution in [2.45, 2.75) is 18.9 Å². The van der Waals surface area contributed by atoms with Crippen molar-refractivity contribution in [3.63, 3.8) is 0 Å². The molecule has 0 unspecified atom stereocenters. The van der Waals surface area contributed by atoms with E-state index in [-0.39, 0.29) is 12.0 Å². The van der Waals surface area contributed by atoms with Gasteiger partial charge in [-0.2, -0.15) is 5.10 Å². The van der Waals surface area contributed by atoms with Gasteiger partial charge in [-0.05, 0) is 43.2 Å². The van der Waals surface area contributed by atoms with E-state index in [1.165, 1.54) is 6.20 Å². The first-order chi connectivity index (χ1) is 14.6. The van der Waals surface area contributed by atoms with Crippen LogP contribution in [0.15, 0.2) is 48.9 Å². The summed E-state index contributed by atoms with van der Waals surface area (Å²) in [5, 5.41) is 4.55. The summed E-state index contributed by atoms with van der Waals surface area (Å²) in [5.41, 5.74) is 7.82. The van der Waals surface area contributed by atoms with Crippen LogP contribution in [0.3, 0.4) is 0 Å². The maximum atomic E-state index is 13.1. The molecule has 1 aliphatic rings. The molecule has 1 fully saturated rings. The molecule has 2 N–H and O–H groups in total. The molecule has 9 heteroatoms. The van der Waals surface area contributed by atoms with Gasteiger partial charge in [-0.1, -0.05) is 0 Å². The third kappa shape index (κ3) is 3.92. The summed E-state index contributed by atoms with van der Waals surface area (Å²) in [4.78, 5) is 34.7. The highest BCUT2D eigenvalue weighted by atomic mass is 16.5. The van der Waals surface area contributed by atoms with E-state index >= 15 is 0 Å². The van der Waals surface area contributed by atoms with Crippen molar-refractivity contribution in [1.29, 1.82) is 0 Å². The van der Waals surface area contributed by atoms with Gasteiger partial charge in [0.1, 0.15) is 0 Å². The second-order valence-corrected chi connectivity index (χ2v) is 7.06. The fourth-order valence-corrected chi connectivity index (χ4v) is 3.49. The Bertz CT molecular complexity index is 1040. The molecule has 0 spiro atoms. The molecule has 0 radical (unpaired) electrons. The van der Waals surface area contributed by atoms with E-state index in [1.807, 2.05) is 6.07 Å². The number of rotatable bonds is 5. The predicted molar refractivity (Wildman–Crippen MR) is 109 cm³/mol. The molecule has 1 saturated heterocycles. The fraction of sp³-hybridized carbons (Fsp3) is 0.286. The molecule has 0 atom stereocenters. The van der Waals surface area contributed by atoms with Crippen LogP contribution in [-0.4, -0.2) is 62.8 Å². The Labute approximate surface area is 173 Å². The largest absolute Gasteiger partial charge is 0.381 e. The molecular weight excluding hydrogens is 384 g/mol. The van der Waals surface area contributed by atoms with Crippen LogP contribution in [0, 0.1) is 0 Å². The van der Waals surface area contributed by atoms with Crippen molar-refractivity contribution in [2.24, 2.45) is 5.73 Å². The lowest BCUT2D eigenvalue weighted by Crippen LogP contribution is -2.40. The number of methoxy groups -OCH3 is 1. The Morgan fingerprint density at radius 3 is 2.57 bits per heavy atom. The number of nitrogens with zero attached hydrogens (tertiary/aromatic N) is 5. The summed E-state index contributed by atoms with van der Waals surface area (Å²) < 4.78 is 7.02. The number of primary amides is 1. The second kappa shape index (κ2) is 8.42. The number of ether oxygens (including phenoxy) is 1. The van der Waals surface area contributed by atoms with E-state index < -0.39 is 5.91 Å². The SMILES string of the molecule is COC1CCN(C(=O)c2cc(-c3ccc(C(N)=O)cn3)n(-c3cccnc3)n2)CC1. The van der Waals surface area contributed by atoms with Crippen LogP contribution >= 0.6 is 0 Å². The molecule has 2 amide bonds. The Kier molecular flexibility index (Phi) is 5.53. The normalized spacial score (nSPS) is 14.6. The van der Waals surface area contributed by atoms with Gasteiger partial charge in [0.2, 0.25) is 5.91 Å². The van der Waals surface area contributed by atoms with E-state index in [2.05, 4.69) is 15.1 Å². The number of piperidine rings is 1. The third-order valence-corrected chi connectivity index (χ3v) is 5.19. The molecular formula is C21H22N6O3. The zero-order chi connectivity index (χ0) is 21.1. The average molecular weight is 406 g/mol. The highest BCUT2D eigenvalue weighted by Crippen LogP contribution is 2.24.